The zero-order chi connectivity index (χ0) is 15.2. The van der Waals surface area contributed by atoms with E-state index in [9.17, 15) is 13.2 Å². The minimum atomic E-state index is -3.63. The number of nitrogens with zero attached hydrogens (tertiary/aromatic N) is 1. The van der Waals surface area contributed by atoms with Crippen LogP contribution in [0.1, 0.15) is 6.92 Å². The Balaban J connectivity index is 2.37. The zero-order valence-corrected chi connectivity index (χ0v) is 12.7. The highest BCUT2D eigenvalue weighted by Crippen LogP contribution is 2.44. The average Bonchev–Trinajstić information content (AvgIpc) is 2.47. The largest absolute Gasteiger partial charge is 0.277 e. The number of rotatable bonds is 1. The molecule has 0 radical (unpaired) electrons. The molecule has 0 fully saturated rings. The van der Waals surface area contributed by atoms with Crippen LogP contribution in [-0.2, 0) is 14.6 Å². The van der Waals surface area contributed by atoms with E-state index in [-0.39, 0.29) is 15.7 Å². The minimum Gasteiger partial charge on any atom is -0.277 e. The number of carbonyl (C=O) groups is 1. The normalized spacial score (nSPS) is 16.8. The van der Waals surface area contributed by atoms with Gasteiger partial charge in [-0.1, -0.05) is 24.3 Å². The summed E-state index contributed by atoms with van der Waals surface area (Å²) in [6, 6.07) is 12.9. The first kappa shape index (κ1) is 14.1. The van der Waals surface area contributed by atoms with Gasteiger partial charge in [-0.25, -0.2) is 8.42 Å². The van der Waals surface area contributed by atoms with Crippen molar-refractivity contribution in [3.63, 3.8) is 0 Å². The molecular formula is C15H12ClNO3S. The maximum absolute atomic E-state index is 12.7. The van der Waals surface area contributed by atoms with Gasteiger partial charge in [0.2, 0.25) is 15.7 Å². The third kappa shape index (κ3) is 2.04. The van der Waals surface area contributed by atoms with Crippen LogP contribution in [0, 0.1) is 0 Å². The van der Waals surface area contributed by atoms with Crippen LogP contribution in [0.5, 0.6) is 0 Å². The van der Waals surface area contributed by atoms with E-state index in [0.29, 0.717) is 11.4 Å². The molecule has 108 valence electrons. The highest BCUT2D eigenvalue weighted by Gasteiger charge is 2.37. The number of amides is 1. The summed E-state index contributed by atoms with van der Waals surface area (Å²) in [5.41, 5.74) is 0.683. The zero-order valence-electron chi connectivity index (χ0n) is 11.2. The first-order valence-corrected chi connectivity index (χ1v) is 8.28. The predicted octanol–water partition coefficient (Wildman–Crippen LogP) is 3.12. The fourth-order valence-electron chi connectivity index (χ4n) is 2.40. The van der Waals surface area contributed by atoms with Crippen molar-refractivity contribution in [3.05, 3.63) is 48.5 Å². The first-order chi connectivity index (χ1) is 9.94. The molecule has 0 spiro atoms. The molecule has 0 bridgehead atoms. The number of para-hydroxylation sites is 2. The number of hydrogen-bond donors (Lipinski definition) is 0. The average molecular weight is 322 g/mol. The molecule has 2 aromatic carbocycles. The molecule has 0 aromatic heterocycles. The molecule has 6 heteroatoms. The number of fused-ring (bicyclic) bond motifs is 2. The molecule has 1 aliphatic heterocycles. The summed E-state index contributed by atoms with van der Waals surface area (Å²) < 4.78 is 25.3. The summed E-state index contributed by atoms with van der Waals surface area (Å²) >= 11 is 5.92. The minimum absolute atomic E-state index is 0.120. The van der Waals surface area contributed by atoms with Crippen molar-refractivity contribution >= 4 is 38.7 Å². The monoisotopic (exact) mass is 321 g/mol. The summed E-state index contributed by atoms with van der Waals surface area (Å²) in [5, 5.41) is -0.757. The Morgan fingerprint density at radius 2 is 1.43 bits per heavy atom. The lowest BCUT2D eigenvalue weighted by Gasteiger charge is -2.31. The number of sulfone groups is 1. The molecule has 21 heavy (non-hydrogen) atoms. The van der Waals surface area contributed by atoms with Crippen molar-refractivity contribution in [1.82, 2.24) is 0 Å². The quantitative estimate of drug-likeness (QED) is 0.758. The fraction of sp³-hybridized carbons (Fsp3) is 0.133. The molecule has 0 aliphatic carbocycles. The first-order valence-electron chi connectivity index (χ1n) is 6.36. The van der Waals surface area contributed by atoms with E-state index in [1.165, 1.54) is 17.0 Å². The smallest absolute Gasteiger partial charge is 0.249 e. The van der Waals surface area contributed by atoms with E-state index in [1.807, 2.05) is 0 Å². The van der Waals surface area contributed by atoms with Gasteiger partial charge in [-0.2, -0.15) is 0 Å². The summed E-state index contributed by atoms with van der Waals surface area (Å²) in [5.74, 6) is -0.355. The molecule has 0 saturated carbocycles. The topological polar surface area (TPSA) is 54.5 Å². The summed E-state index contributed by atoms with van der Waals surface area (Å²) in [4.78, 5) is 14.1. The summed E-state index contributed by atoms with van der Waals surface area (Å²) in [6.45, 7) is 1.57. The lowest BCUT2D eigenvalue weighted by atomic mass is 10.2. The molecule has 3 rings (SSSR count). The maximum atomic E-state index is 12.7. The Kier molecular flexibility index (Phi) is 3.26. The molecule has 1 atom stereocenters. The lowest BCUT2D eigenvalue weighted by molar-refractivity contribution is -0.117. The summed E-state index contributed by atoms with van der Waals surface area (Å²) in [7, 11) is -3.63. The van der Waals surface area contributed by atoms with Gasteiger partial charge in [0, 0.05) is 0 Å². The standard InChI is InChI=1S/C15H12ClNO3S/c1-10(16)15(18)17-11-6-2-4-8-13(11)21(19,20)14-9-5-3-7-12(14)17/h2-10H,1H3. The van der Waals surface area contributed by atoms with Crippen molar-refractivity contribution < 1.29 is 13.2 Å². The van der Waals surface area contributed by atoms with Crippen LogP contribution in [0.2, 0.25) is 0 Å². The van der Waals surface area contributed by atoms with Crippen LogP contribution >= 0.6 is 11.6 Å². The number of alkyl halides is 1. The molecule has 0 N–H and O–H groups in total. The highest BCUT2D eigenvalue weighted by molar-refractivity contribution is 7.92. The third-order valence-electron chi connectivity index (χ3n) is 3.35. The van der Waals surface area contributed by atoms with Gasteiger partial charge >= 0.3 is 0 Å². The van der Waals surface area contributed by atoms with E-state index >= 15 is 0 Å². The van der Waals surface area contributed by atoms with Crippen LogP contribution in [0.4, 0.5) is 11.4 Å². The lowest BCUT2D eigenvalue weighted by Crippen LogP contribution is -2.35. The van der Waals surface area contributed by atoms with E-state index in [4.69, 9.17) is 11.6 Å². The van der Waals surface area contributed by atoms with Crippen LogP contribution in [-0.4, -0.2) is 19.7 Å². The molecule has 1 aliphatic rings. The van der Waals surface area contributed by atoms with Gasteiger partial charge in [0.05, 0.1) is 21.2 Å². The van der Waals surface area contributed by atoms with Crippen LogP contribution in [0.15, 0.2) is 58.3 Å². The Bertz CT molecular complexity index is 777. The van der Waals surface area contributed by atoms with Crippen molar-refractivity contribution in [2.45, 2.75) is 22.1 Å². The molecule has 1 amide bonds. The second-order valence-corrected chi connectivity index (χ2v) is 7.27. The molecule has 2 aromatic rings. The molecule has 0 saturated heterocycles. The third-order valence-corrected chi connectivity index (χ3v) is 5.39. The maximum Gasteiger partial charge on any atom is 0.249 e. The van der Waals surface area contributed by atoms with Gasteiger partial charge < -0.3 is 0 Å². The van der Waals surface area contributed by atoms with Gasteiger partial charge in [0.1, 0.15) is 5.38 Å². The summed E-state index contributed by atoms with van der Waals surface area (Å²) in [6.07, 6.45) is 0. The number of halogens is 1. The number of carbonyl (C=O) groups excluding carboxylic acids is 1. The molecule has 1 heterocycles. The highest BCUT2D eigenvalue weighted by atomic mass is 35.5. The van der Waals surface area contributed by atoms with Gasteiger partial charge in [0.15, 0.2) is 0 Å². The van der Waals surface area contributed by atoms with Crippen LogP contribution in [0.3, 0.4) is 0 Å². The van der Waals surface area contributed by atoms with E-state index in [0.717, 1.165) is 0 Å². The Morgan fingerprint density at radius 1 is 1.00 bits per heavy atom. The van der Waals surface area contributed by atoms with Crippen molar-refractivity contribution in [2.75, 3.05) is 4.90 Å². The van der Waals surface area contributed by atoms with Crippen LogP contribution < -0.4 is 4.90 Å². The van der Waals surface area contributed by atoms with E-state index in [2.05, 4.69) is 0 Å². The van der Waals surface area contributed by atoms with E-state index in [1.54, 1.807) is 43.3 Å². The van der Waals surface area contributed by atoms with Crippen molar-refractivity contribution in [2.24, 2.45) is 0 Å². The Labute approximate surface area is 127 Å². The molecular weight excluding hydrogens is 310 g/mol. The van der Waals surface area contributed by atoms with Crippen molar-refractivity contribution in [1.29, 1.82) is 0 Å². The Hall–Kier alpha value is -1.85. The SMILES string of the molecule is CC(Cl)C(=O)N1c2ccccc2S(=O)(=O)c2ccccc21. The van der Waals surface area contributed by atoms with Gasteiger partial charge in [-0.15, -0.1) is 11.6 Å². The van der Waals surface area contributed by atoms with Gasteiger partial charge in [-0.05, 0) is 31.2 Å². The second kappa shape index (κ2) is 4.86. The second-order valence-electron chi connectivity index (χ2n) is 4.73. The predicted molar refractivity (Wildman–Crippen MR) is 80.8 cm³/mol. The van der Waals surface area contributed by atoms with E-state index < -0.39 is 15.2 Å². The Morgan fingerprint density at radius 3 is 1.86 bits per heavy atom. The number of anilines is 2. The molecule has 4 nitrogen and oxygen atoms in total. The number of benzene rings is 2. The van der Waals surface area contributed by atoms with Crippen molar-refractivity contribution in [3.8, 4) is 0 Å². The fourth-order valence-corrected chi connectivity index (χ4v) is 4.12. The molecule has 1 unspecified atom stereocenters. The number of hydrogen-bond acceptors (Lipinski definition) is 3. The van der Waals surface area contributed by atoms with Gasteiger partial charge in [0.25, 0.3) is 0 Å². The van der Waals surface area contributed by atoms with Crippen LogP contribution in [0.25, 0.3) is 0 Å². The van der Waals surface area contributed by atoms with Gasteiger partial charge in [-0.3, -0.25) is 9.69 Å².